The fraction of sp³-hybridized carbons (Fsp3) is 0.308. The molecule has 0 atom stereocenters. The van der Waals surface area contributed by atoms with Crippen LogP contribution in [-0.4, -0.2) is 21.5 Å². The summed E-state index contributed by atoms with van der Waals surface area (Å²) >= 11 is 6.92. The molecular formula is C13H12Br2N4. The molecule has 0 aliphatic carbocycles. The lowest BCUT2D eigenvalue weighted by atomic mass is 10.0. The molecule has 0 radical (unpaired) electrons. The van der Waals surface area contributed by atoms with Gasteiger partial charge in [0.2, 0.25) is 0 Å². The number of fused-ring (bicyclic) bond motifs is 1. The molecule has 1 N–H and O–H groups in total. The lowest BCUT2D eigenvalue weighted by molar-refractivity contribution is 0.619. The zero-order valence-electron chi connectivity index (χ0n) is 10.4. The predicted octanol–water partition coefficient (Wildman–Crippen LogP) is 3.02. The van der Waals surface area contributed by atoms with Gasteiger partial charge in [0.05, 0.1) is 5.69 Å². The van der Waals surface area contributed by atoms with Gasteiger partial charge in [-0.1, -0.05) is 0 Å². The zero-order chi connectivity index (χ0) is 13.4. The van der Waals surface area contributed by atoms with E-state index in [2.05, 4.69) is 52.1 Å². The molecule has 0 unspecified atom stereocenters. The highest BCUT2D eigenvalue weighted by atomic mass is 79.9. The van der Waals surface area contributed by atoms with Crippen molar-refractivity contribution in [3.8, 4) is 11.5 Å². The maximum atomic E-state index is 4.65. The van der Waals surface area contributed by atoms with Crippen molar-refractivity contribution in [1.82, 2.24) is 20.3 Å². The summed E-state index contributed by atoms with van der Waals surface area (Å²) in [6.07, 6.45) is 2.76. The number of rotatable bonds is 1. The Morgan fingerprint density at radius 3 is 2.89 bits per heavy atom. The highest BCUT2D eigenvalue weighted by molar-refractivity contribution is 9.11. The van der Waals surface area contributed by atoms with Crippen LogP contribution in [0.4, 0.5) is 0 Å². The highest BCUT2D eigenvalue weighted by Gasteiger charge is 2.17. The number of hydrogen-bond donors (Lipinski definition) is 1. The van der Waals surface area contributed by atoms with Crippen molar-refractivity contribution in [3.63, 3.8) is 0 Å². The van der Waals surface area contributed by atoms with Crippen LogP contribution in [0.5, 0.6) is 0 Å². The Labute approximate surface area is 128 Å². The van der Waals surface area contributed by atoms with Crippen LogP contribution in [0.3, 0.4) is 0 Å². The quantitative estimate of drug-likeness (QED) is 0.822. The Morgan fingerprint density at radius 2 is 2.11 bits per heavy atom. The first-order chi connectivity index (χ1) is 9.15. The average molecular weight is 384 g/mol. The Hall–Kier alpha value is -0.850. The maximum absolute atomic E-state index is 4.65. The van der Waals surface area contributed by atoms with E-state index in [1.807, 2.05) is 13.0 Å². The number of hydrogen-bond acceptors (Lipinski definition) is 4. The first kappa shape index (κ1) is 13.1. The number of halogens is 2. The van der Waals surface area contributed by atoms with E-state index in [-0.39, 0.29) is 0 Å². The van der Waals surface area contributed by atoms with E-state index in [9.17, 15) is 0 Å². The molecule has 2 aromatic heterocycles. The monoisotopic (exact) mass is 382 g/mol. The second-order valence-corrected chi connectivity index (χ2v) is 6.24. The smallest absolute Gasteiger partial charge is 0.179 e. The van der Waals surface area contributed by atoms with Gasteiger partial charge in [0.15, 0.2) is 5.82 Å². The molecule has 3 heterocycles. The lowest BCUT2D eigenvalue weighted by Crippen LogP contribution is -2.26. The lowest BCUT2D eigenvalue weighted by Gasteiger charge is -2.18. The summed E-state index contributed by atoms with van der Waals surface area (Å²) in [5.41, 5.74) is 4.19. The van der Waals surface area contributed by atoms with Crippen molar-refractivity contribution in [2.75, 3.05) is 6.54 Å². The SMILES string of the molecule is Cc1nc(-c2ncc(Br)cc2Br)nc2c1CCNC2. The van der Waals surface area contributed by atoms with Crippen LogP contribution in [0.2, 0.25) is 0 Å². The molecule has 1 aliphatic rings. The maximum Gasteiger partial charge on any atom is 0.179 e. The number of nitrogens with zero attached hydrogens (tertiary/aromatic N) is 3. The molecule has 0 aromatic carbocycles. The molecule has 0 saturated carbocycles. The Balaban J connectivity index is 2.13. The minimum Gasteiger partial charge on any atom is -0.311 e. The van der Waals surface area contributed by atoms with Gasteiger partial charge in [-0.2, -0.15) is 0 Å². The molecule has 4 nitrogen and oxygen atoms in total. The van der Waals surface area contributed by atoms with Gasteiger partial charge in [-0.05, 0) is 63.4 Å². The highest BCUT2D eigenvalue weighted by Crippen LogP contribution is 2.27. The van der Waals surface area contributed by atoms with Gasteiger partial charge in [0, 0.05) is 27.4 Å². The van der Waals surface area contributed by atoms with Crippen LogP contribution in [0.25, 0.3) is 11.5 Å². The normalized spacial score (nSPS) is 14.3. The fourth-order valence-corrected chi connectivity index (χ4v) is 3.40. The van der Waals surface area contributed by atoms with Crippen molar-refractivity contribution < 1.29 is 0 Å². The Morgan fingerprint density at radius 1 is 1.26 bits per heavy atom. The Kier molecular flexibility index (Phi) is 3.64. The second-order valence-electron chi connectivity index (χ2n) is 4.47. The molecule has 0 amide bonds. The third-order valence-corrected chi connectivity index (χ3v) is 4.20. The molecule has 19 heavy (non-hydrogen) atoms. The molecule has 0 bridgehead atoms. The summed E-state index contributed by atoms with van der Waals surface area (Å²) in [5.74, 6) is 0.680. The van der Waals surface area contributed by atoms with E-state index in [4.69, 9.17) is 0 Å². The molecule has 2 aromatic rings. The van der Waals surface area contributed by atoms with Crippen LogP contribution >= 0.6 is 31.9 Å². The second kappa shape index (κ2) is 5.26. The van der Waals surface area contributed by atoms with Gasteiger partial charge < -0.3 is 5.32 Å². The van der Waals surface area contributed by atoms with Crippen LogP contribution in [0.15, 0.2) is 21.2 Å². The molecule has 6 heteroatoms. The van der Waals surface area contributed by atoms with E-state index < -0.39 is 0 Å². The summed E-state index contributed by atoms with van der Waals surface area (Å²) in [6.45, 7) is 3.85. The van der Waals surface area contributed by atoms with Crippen LogP contribution < -0.4 is 5.32 Å². The number of aryl methyl sites for hydroxylation is 1. The van der Waals surface area contributed by atoms with Crippen molar-refractivity contribution in [1.29, 1.82) is 0 Å². The van der Waals surface area contributed by atoms with E-state index in [0.717, 1.165) is 45.5 Å². The van der Waals surface area contributed by atoms with Crippen LogP contribution in [-0.2, 0) is 13.0 Å². The van der Waals surface area contributed by atoms with E-state index in [1.54, 1.807) is 6.20 Å². The first-order valence-corrected chi connectivity index (χ1v) is 7.62. The van der Waals surface area contributed by atoms with Gasteiger partial charge in [0.25, 0.3) is 0 Å². The van der Waals surface area contributed by atoms with Gasteiger partial charge in [0.1, 0.15) is 5.69 Å². The summed E-state index contributed by atoms with van der Waals surface area (Å²) in [4.78, 5) is 13.7. The summed E-state index contributed by atoms with van der Waals surface area (Å²) in [7, 11) is 0. The molecule has 3 rings (SSSR count). The molecule has 0 saturated heterocycles. The van der Waals surface area contributed by atoms with Gasteiger partial charge in [-0.3, -0.25) is 4.98 Å². The minimum absolute atomic E-state index is 0.680. The van der Waals surface area contributed by atoms with Crippen molar-refractivity contribution >= 4 is 31.9 Å². The largest absolute Gasteiger partial charge is 0.311 e. The van der Waals surface area contributed by atoms with Crippen molar-refractivity contribution in [2.45, 2.75) is 19.9 Å². The molecular weight excluding hydrogens is 372 g/mol. The average Bonchev–Trinajstić information content (AvgIpc) is 2.38. The number of nitrogens with one attached hydrogen (secondary N) is 1. The minimum atomic E-state index is 0.680. The van der Waals surface area contributed by atoms with Gasteiger partial charge in [-0.15, -0.1) is 0 Å². The Bertz CT molecular complexity index is 643. The van der Waals surface area contributed by atoms with E-state index >= 15 is 0 Å². The fourth-order valence-electron chi connectivity index (χ4n) is 2.23. The van der Waals surface area contributed by atoms with Gasteiger partial charge >= 0.3 is 0 Å². The molecule has 1 aliphatic heterocycles. The first-order valence-electron chi connectivity index (χ1n) is 6.03. The molecule has 0 spiro atoms. The predicted molar refractivity (Wildman–Crippen MR) is 80.8 cm³/mol. The molecule has 98 valence electrons. The molecule has 0 fully saturated rings. The van der Waals surface area contributed by atoms with Crippen molar-refractivity contribution in [3.05, 3.63) is 38.2 Å². The standard InChI is InChI=1S/C13H12Br2N4/c1-7-9-2-3-16-6-11(9)19-13(18-7)12-10(15)4-8(14)5-17-12/h4-5,16H,2-3,6H2,1H3. The topological polar surface area (TPSA) is 50.7 Å². The van der Waals surface area contributed by atoms with E-state index in [0.29, 0.717) is 5.82 Å². The van der Waals surface area contributed by atoms with Crippen molar-refractivity contribution in [2.24, 2.45) is 0 Å². The summed E-state index contributed by atoms with van der Waals surface area (Å²) in [6, 6.07) is 1.96. The summed E-state index contributed by atoms with van der Waals surface area (Å²) in [5, 5.41) is 3.34. The summed E-state index contributed by atoms with van der Waals surface area (Å²) < 4.78 is 1.82. The zero-order valence-corrected chi connectivity index (χ0v) is 13.5. The van der Waals surface area contributed by atoms with Crippen LogP contribution in [0, 0.1) is 6.92 Å². The van der Waals surface area contributed by atoms with E-state index in [1.165, 1.54) is 5.56 Å². The third-order valence-electron chi connectivity index (χ3n) is 3.16. The third kappa shape index (κ3) is 2.57. The number of aromatic nitrogens is 3. The number of pyridine rings is 1. The van der Waals surface area contributed by atoms with Gasteiger partial charge in [-0.25, -0.2) is 9.97 Å². The van der Waals surface area contributed by atoms with Crippen LogP contribution in [0.1, 0.15) is 17.0 Å².